The zero-order chi connectivity index (χ0) is 37.7. The molecule has 1 aromatic carbocycles. The molecule has 4 heterocycles. The van der Waals surface area contributed by atoms with E-state index in [9.17, 15) is 23.6 Å². The van der Waals surface area contributed by atoms with Gasteiger partial charge in [-0.2, -0.15) is 10.4 Å². The summed E-state index contributed by atoms with van der Waals surface area (Å²) in [6.45, 7) is 18.9. The van der Waals surface area contributed by atoms with E-state index in [0.717, 1.165) is 5.56 Å². The summed E-state index contributed by atoms with van der Waals surface area (Å²) in [6, 6.07) is 9.19. The molecule has 2 aromatic heterocycles. The van der Waals surface area contributed by atoms with E-state index in [4.69, 9.17) is 14.1 Å². The number of alkyl halides is 2. The summed E-state index contributed by atoms with van der Waals surface area (Å²) in [7, 11) is -0.582. The van der Waals surface area contributed by atoms with E-state index in [1.807, 2.05) is 13.0 Å². The molecule has 0 bridgehead atoms. The second-order valence-corrected chi connectivity index (χ2v) is 21.1. The molecule has 0 saturated carbocycles. The van der Waals surface area contributed by atoms with Crippen molar-refractivity contribution in [1.82, 2.24) is 24.6 Å². The highest BCUT2D eigenvalue weighted by Crippen LogP contribution is 2.47. The number of halogens is 2. The Labute approximate surface area is 299 Å². The van der Waals surface area contributed by atoms with Crippen molar-refractivity contribution in [3.05, 3.63) is 47.3 Å². The molecule has 2 aliphatic heterocycles. The number of aromatic nitrogens is 4. The third-order valence-electron chi connectivity index (χ3n) is 9.90. The zero-order valence-corrected chi connectivity index (χ0v) is 32.1. The minimum Gasteiger partial charge on any atom is -0.443 e. The highest BCUT2D eigenvalue weighted by atomic mass is 28.4. The molecule has 0 spiro atoms. The molecule has 12 nitrogen and oxygen atoms in total. The highest BCUT2D eigenvalue weighted by molar-refractivity contribution is 6.74. The molecule has 2 aliphatic rings. The lowest BCUT2D eigenvalue weighted by molar-refractivity contribution is -0.0495. The van der Waals surface area contributed by atoms with Crippen molar-refractivity contribution in [3.63, 3.8) is 0 Å². The summed E-state index contributed by atoms with van der Waals surface area (Å²) in [5, 5.41) is 17.8. The molecule has 0 radical (unpaired) electrons. The Kier molecular flexibility index (Phi) is 9.85. The summed E-state index contributed by atoms with van der Waals surface area (Å²) < 4.78 is 41.2. The number of likely N-dealkylation sites (tertiary alicyclic amines) is 1. The van der Waals surface area contributed by atoms with Crippen molar-refractivity contribution in [2.45, 2.75) is 96.4 Å². The van der Waals surface area contributed by atoms with Gasteiger partial charge in [0.05, 0.1) is 16.9 Å². The third-order valence-corrected chi connectivity index (χ3v) is 14.4. The molecule has 5 rings (SSSR count). The molecule has 1 N–H and O–H groups in total. The molecule has 51 heavy (non-hydrogen) atoms. The Morgan fingerprint density at radius 3 is 2.37 bits per heavy atom. The van der Waals surface area contributed by atoms with Crippen LogP contribution in [0.1, 0.15) is 82.9 Å². The maximum absolute atomic E-state index is 13.7. The summed E-state index contributed by atoms with van der Waals surface area (Å²) in [6.07, 6.45) is 0.282. The number of nitrogens with one attached hydrogen (secondary N) is 1. The van der Waals surface area contributed by atoms with Gasteiger partial charge in [-0.25, -0.2) is 23.5 Å². The van der Waals surface area contributed by atoms with Crippen molar-refractivity contribution in [3.8, 4) is 17.3 Å². The Morgan fingerprint density at radius 1 is 1.10 bits per heavy atom. The van der Waals surface area contributed by atoms with Crippen LogP contribution in [0.15, 0.2) is 30.5 Å². The van der Waals surface area contributed by atoms with Crippen LogP contribution in [0.4, 0.5) is 31.0 Å². The number of ether oxygens (including phenoxy) is 1. The normalized spacial score (nSPS) is 19.0. The Morgan fingerprint density at radius 2 is 1.76 bits per heavy atom. The second-order valence-electron chi connectivity index (χ2n) is 16.3. The van der Waals surface area contributed by atoms with Crippen LogP contribution in [0, 0.1) is 11.3 Å². The smallest absolute Gasteiger partial charge is 0.414 e. The predicted octanol–water partition coefficient (Wildman–Crippen LogP) is 7.40. The molecule has 274 valence electrons. The van der Waals surface area contributed by atoms with E-state index in [-0.39, 0.29) is 55.1 Å². The lowest BCUT2D eigenvalue weighted by Gasteiger charge is -2.39. The number of carbonyl (C=O) groups excluding carboxylic acids is 2. The van der Waals surface area contributed by atoms with Crippen molar-refractivity contribution in [1.29, 1.82) is 5.26 Å². The van der Waals surface area contributed by atoms with Crippen LogP contribution in [-0.2, 0) is 21.6 Å². The number of hydrogen-bond acceptors (Lipinski definition) is 9. The standard InChI is InChI=1S/C36H48F2N8O4Si/c1-33(2,3)50-32(48)46-21-35(7,22-49-51(9,10)34(4,5)6)25-18-23(17-24(20-39)29(25)46)26-11-14-40-31(41-26)42-28-19-27(44(8)43-28)30(47)45-15-12-36(37,38)13-16-45/h11,14,17-19H,12-13,15-16,21-22H2,1-10H3,(H,40,41,42,43). The largest absolute Gasteiger partial charge is 0.443 e. The van der Waals surface area contributed by atoms with E-state index in [0.29, 0.717) is 34.9 Å². The van der Waals surface area contributed by atoms with Gasteiger partial charge in [-0.15, -0.1) is 0 Å². The summed E-state index contributed by atoms with van der Waals surface area (Å²) in [5.41, 5.74) is 1.54. The van der Waals surface area contributed by atoms with Gasteiger partial charge in [-0.1, -0.05) is 27.7 Å². The Hall–Kier alpha value is -4.42. The fraction of sp³-hybridized carbons (Fsp3) is 0.556. The predicted molar refractivity (Wildman–Crippen MR) is 193 cm³/mol. The number of benzene rings is 1. The van der Waals surface area contributed by atoms with Gasteiger partial charge < -0.3 is 19.4 Å². The summed E-state index contributed by atoms with van der Waals surface area (Å²) in [4.78, 5) is 38.7. The first kappa shape index (κ1) is 37.8. The van der Waals surface area contributed by atoms with Crippen LogP contribution < -0.4 is 10.2 Å². The lowest BCUT2D eigenvalue weighted by Crippen LogP contribution is -2.46. The van der Waals surface area contributed by atoms with Crippen LogP contribution in [0.5, 0.6) is 0 Å². The van der Waals surface area contributed by atoms with Crippen molar-refractivity contribution < 1.29 is 27.5 Å². The van der Waals surface area contributed by atoms with Gasteiger partial charge >= 0.3 is 6.09 Å². The number of aryl methyl sites for hydroxylation is 1. The SMILES string of the molecule is Cn1nc(Nc2nccc(-c3cc(C#N)c4c(c3)C(C)(CO[Si](C)(C)C(C)(C)C)CN4C(=O)OC(C)(C)C)n2)cc1C(=O)N1CCC(F)(F)CC1. The Balaban J connectivity index is 1.47. The number of anilines is 3. The monoisotopic (exact) mass is 722 g/mol. The van der Waals surface area contributed by atoms with E-state index in [1.54, 1.807) is 51.0 Å². The van der Waals surface area contributed by atoms with Gasteiger partial charge in [-0.05, 0) is 62.7 Å². The number of nitrogens with zero attached hydrogens (tertiary/aromatic N) is 7. The number of rotatable bonds is 7. The molecule has 15 heteroatoms. The van der Waals surface area contributed by atoms with Gasteiger partial charge in [0, 0.05) is 69.4 Å². The first-order chi connectivity index (χ1) is 23.5. The molecule has 1 atom stereocenters. The molecular formula is C36H48F2N8O4Si. The highest BCUT2D eigenvalue weighted by Gasteiger charge is 2.47. The Bertz CT molecular complexity index is 1870. The average molecular weight is 723 g/mol. The molecule has 2 amide bonds. The average Bonchev–Trinajstić information content (AvgIpc) is 3.54. The van der Waals surface area contributed by atoms with Gasteiger partial charge in [0.2, 0.25) is 5.95 Å². The van der Waals surface area contributed by atoms with Crippen LogP contribution in [0.3, 0.4) is 0 Å². The number of hydrogen-bond donors (Lipinski definition) is 1. The van der Waals surface area contributed by atoms with Gasteiger partial charge in [0.25, 0.3) is 11.8 Å². The van der Waals surface area contributed by atoms with E-state index < -0.39 is 31.3 Å². The maximum Gasteiger partial charge on any atom is 0.414 e. The third kappa shape index (κ3) is 8.07. The van der Waals surface area contributed by atoms with E-state index in [1.165, 1.54) is 15.6 Å². The van der Waals surface area contributed by atoms with Crippen molar-refractivity contribution >= 4 is 37.8 Å². The van der Waals surface area contributed by atoms with Crippen LogP contribution in [0.25, 0.3) is 11.3 Å². The van der Waals surface area contributed by atoms with Crippen molar-refractivity contribution in [2.75, 3.05) is 36.5 Å². The first-order valence-electron chi connectivity index (χ1n) is 17.1. The minimum atomic E-state index is -2.76. The molecule has 1 saturated heterocycles. The van der Waals surface area contributed by atoms with Gasteiger partial charge in [0.15, 0.2) is 14.1 Å². The summed E-state index contributed by atoms with van der Waals surface area (Å²) >= 11 is 0. The van der Waals surface area contributed by atoms with Gasteiger partial charge in [-0.3, -0.25) is 14.4 Å². The van der Waals surface area contributed by atoms with E-state index in [2.05, 4.69) is 55.3 Å². The quantitative estimate of drug-likeness (QED) is 0.247. The van der Waals surface area contributed by atoms with E-state index >= 15 is 0 Å². The topological polar surface area (TPSA) is 138 Å². The maximum atomic E-state index is 13.7. The number of piperidine rings is 1. The minimum absolute atomic E-state index is 0.0343. The lowest BCUT2D eigenvalue weighted by atomic mass is 9.83. The van der Waals surface area contributed by atoms with Crippen molar-refractivity contribution in [2.24, 2.45) is 7.05 Å². The summed E-state index contributed by atoms with van der Waals surface area (Å²) in [5.74, 6) is -2.65. The first-order valence-corrected chi connectivity index (χ1v) is 20.0. The molecule has 3 aromatic rings. The van der Waals surface area contributed by atoms with Gasteiger partial charge in [0.1, 0.15) is 17.4 Å². The fourth-order valence-electron chi connectivity index (χ4n) is 5.91. The second kappa shape index (κ2) is 13.3. The molecule has 0 aliphatic carbocycles. The molecule has 1 fully saturated rings. The van der Waals surface area contributed by atoms with Crippen LogP contribution >= 0.6 is 0 Å². The zero-order valence-electron chi connectivity index (χ0n) is 31.1. The van der Waals surface area contributed by atoms with Crippen LogP contribution in [0.2, 0.25) is 18.1 Å². The number of nitriles is 1. The fourth-order valence-corrected chi connectivity index (χ4v) is 7.02. The molecule has 1 unspecified atom stereocenters. The number of carbonyl (C=O) groups is 2. The number of fused-ring (bicyclic) bond motifs is 1. The number of amides is 2. The molecular weight excluding hydrogens is 675 g/mol. The van der Waals surface area contributed by atoms with Crippen LogP contribution in [-0.4, -0.2) is 82.7 Å².